The van der Waals surface area contributed by atoms with Crippen molar-refractivity contribution in [2.24, 2.45) is 0 Å². The molecule has 7 heteroatoms. The van der Waals surface area contributed by atoms with Gasteiger partial charge in [-0.2, -0.15) is 13.2 Å². The van der Waals surface area contributed by atoms with E-state index in [9.17, 15) is 13.2 Å². The van der Waals surface area contributed by atoms with E-state index in [1.54, 1.807) is 0 Å². The van der Waals surface area contributed by atoms with Crippen molar-refractivity contribution in [2.45, 2.75) is 45.5 Å². The number of allylic oxidation sites excluding steroid dienone is 4. The first-order valence-electron chi connectivity index (χ1n) is 8.12. The molecule has 0 aromatic heterocycles. The zero-order chi connectivity index (χ0) is 19.7. The Kier molecular flexibility index (Phi) is 8.92. The van der Waals surface area contributed by atoms with Crippen molar-refractivity contribution in [3.63, 3.8) is 0 Å². The largest absolute Gasteiger partial charge is 0.496 e. The first-order chi connectivity index (χ1) is 12.2. The van der Waals surface area contributed by atoms with Crippen molar-refractivity contribution >= 4 is 12.0 Å². The lowest BCUT2D eigenvalue weighted by Crippen LogP contribution is -2.03. The molecule has 0 aliphatic carbocycles. The van der Waals surface area contributed by atoms with Crippen LogP contribution in [0.3, 0.4) is 0 Å². The van der Waals surface area contributed by atoms with Crippen LogP contribution in [-0.2, 0) is 6.42 Å². The van der Waals surface area contributed by atoms with Gasteiger partial charge < -0.3 is 13.7 Å². The third-order valence-corrected chi connectivity index (χ3v) is 4.02. The number of halogens is 3. The minimum atomic E-state index is -4.48. The van der Waals surface area contributed by atoms with E-state index >= 15 is 0 Å². The zero-order valence-corrected chi connectivity index (χ0v) is 16.5. The quantitative estimate of drug-likeness (QED) is 0.356. The Hall–Kier alpha value is -1.76. The summed E-state index contributed by atoms with van der Waals surface area (Å²) in [4.78, 5) is 0. The first kappa shape index (κ1) is 22.3. The molecular weight excluding hydrogens is 365 g/mol. The molecule has 0 radical (unpaired) electrons. The maximum Gasteiger partial charge on any atom is 0.479 e. The van der Waals surface area contributed by atoms with Crippen molar-refractivity contribution in [3.05, 3.63) is 41.0 Å². The lowest BCUT2D eigenvalue weighted by atomic mass is 10.0. The van der Waals surface area contributed by atoms with E-state index in [4.69, 9.17) is 13.7 Å². The van der Waals surface area contributed by atoms with Crippen LogP contribution in [0.2, 0.25) is 0 Å². The van der Waals surface area contributed by atoms with Crippen LogP contribution in [0, 0.1) is 0 Å². The highest BCUT2D eigenvalue weighted by Gasteiger charge is 2.31. The summed E-state index contributed by atoms with van der Waals surface area (Å²) in [5.74, 6) is 0.875. The van der Waals surface area contributed by atoms with Crippen LogP contribution in [0.25, 0.3) is 0 Å². The molecule has 0 aliphatic heterocycles. The molecule has 0 atom stereocenters. The van der Waals surface area contributed by atoms with Gasteiger partial charge in [-0.05, 0) is 40.0 Å². The van der Waals surface area contributed by atoms with Gasteiger partial charge in [0.25, 0.3) is 0 Å². The van der Waals surface area contributed by atoms with Gasteiger partial charge in [-0.3, -0.25) is 0 Å². The molecule has 0 bridgehead atoms. The van der Waals surface area contributed by atoms with Gasteiger partial charge in [0.1, 0.15) is 17.2 Å². The summed E-state index contributed by atoms with van der Waals surface area (Å²) >= 11 is -0.568. The fourth-order valence-electron chi connectivity index (χ4n) is 2.27. The van der Waals surface area contributed by atoms with E-state index < -0.39 is 17.6 Å². The molecule has 0 unspecified atom stereocenters. The molecule has 0 N–H and O–H groups in total. The highest BCUT2D eigenvalue weighted by Crippen LogP contribution is 2.39. The van der Waals surface area contributed by atoms with Crippen molar-refractivity contribution < 1.29 is 26.8 Å². The molecule has 0 fully saturated rings. The maximum atomic E-state index is 12.3. The third kappa shape index (κ3) is 8.08. The smallest absolute Gasteiger partial charge is 0.479 e. The number of rotatable bonds is 9. The van der Waals surface area contributed by atoms with Crippen LogP contribution >= 0.6 is 12.0 Å². The zero-order valence-electron chi connectivity index (χ0n) is 15.7. The molecule has 146 valence electrons. The minimum Gasteiger partial charge on any atom is -0.496 e. The highest BCUT2D eigenvalue weighted by atomic mass is 32.2. The summed E-state index contributed by atoms with van der Waals surface area (Å²) in [5.41, 5.74) is -1.21. The molecule has 0 spiro atoms. The van der Waals surface area contributed by atoms with Gasteiger partial charge in [-0.15, -0.1) is 0 Å². The summed E-state index contributed by atoms with van der Waals surface area (Å²) in [6.07, 6.45) is 6.73. The van der Waals surface area contributed by atoms with E-state index in [1.807, 2.05) is 0 Å². The maximum absolute atomic E-state index is 12.3. The van der Waals surface area contributed by atoms with Gasteiger partial charge in [0, 0.05) is 17.7 Å². The first-order valence-corrected chi connectivity index (χ1v) is 8.86. The Morgan fingerprint density at radius 2 is 1.62 bits per heavy atom. The molecule has 0 saturated carbocycles. The van der Waals surface area contributed by atoms with Crippen LogP contribution in [0.1, 0.15) is 39.2 Å². The molecule has 26 heavy (non-hydrogen) atoms. The molecule has 3 nitrogen and oxygen atoms in total. The Labute approximate surface area is 157 Å². The average molecular weight is 390 g/mol. The second kappa shape index (κ2) is 10.4. The van der Waals surface area contributed by atoms with Crippen LogP contribution in [0.4, 0.5) is 13.2 Å². The second-order valence-corrected chi connectivity index (χ2v) is 6.79. The number of ether oxygens (including phenoxy) is 2. The predicted octanol–water partition coefficient (Wildman–Crippen LogP) is 6.49. The van der Waals surface area contributed by atoms with Crippen LogP contribution in [-0.4, -0.2) is 19.7 Å². The topological polar surface area (TPSA) is 27.7 Å². The number of hydrogen-bond acceptors (Lipinski definition) is 4. The lowest BCUT2D eigenvalue weighted by molar-refractivity contribution is -0.0369. The van der Waals surface area contributed by atoms with Crippen LogP contribution < -0.4 is 13.7 Å². The van der Waals surface area contributed by atoms with Gasteiger partial charge in [-0.1, -0.05) is 23.3 Å². The lowest BCUT2D eigenvalue weighted by Gasteiger charge is -2.15. The minimum absolute atomic E-state index is 0.0223. The Bertz CT molecular complexity index is 623. The predicted molar refractivity (Wildman–Crippen MR) is 99.9 cm³/mol. The summed E-state index contributed by atoms with van der Waals surface area (Å²) in [7, 11) is 2.93. The van der Waals surface area contributed by atoms with E-state index in [0.29, 0.717) is 17.9 Å². The molecule has 0 amide bonds. The van der Waals surface area contributed by atoms with Crippen LogP contribution in [0.15, 0.2) is 35.4 Å². The molecule has 1 aromatic rings. The Balaban J connectivity index is 2.94. The van der Waals surface area contributed by atoms with Crippen molar-refractivity contribution in [2.75, 3.05) is 14.2 Å². The molecular formula is C19H25F3O3S. The van der Waals surface area contributed by atoms with Crippen molar-refractivity contribution in [1.29, 1.82) is 0 Å². The number of alkyl halides is 3. The third-order valence-electron chi connectivity index (χ3n) is 3.56. The number of benzene rings is 1. The van der Waals surface area contributed by atoms with Crippen LogP contribution in [0.5, 0.6) is 17.2 Å². The van der Waals surface area contributed by atoms with E-state index in [-0.39, 0.29) is 5.75 Å². The van der Waals surface area contributed by atoms with Gasteiger partial charge in [-0.25, -0.2) is 0 Å². The summed E-state index contributed by atoms with van der Waals surface area (Å²) < 4.78 is 52.3. The monoisotopic (exact) mass is 390 g/mol. The van der Waals surface area contributed by atoms with E-state index in [2.05, 4.69) is 32.9 Å². The fraction of sp³-hybridized carbons (Fsp3) is 0.474. The van der Waals surface area contributed by atoms with Gasteiger partial charge in [0.05, 0.1) is 14.2 Å². The summed E-state index contributed by atoms with van der Waals surface area (Å²) in [5, 5.41) is 0. The summed E-state index contributed by atoms with van der Waals surface area (Å²) in [6.45, 7) is 6.18. The van der Waals surface area contributed by atoms with Gasteiger partial charge in [0.15, 0.2) is 12.0 Å². The highest BCUT2D eigenvalue weighted by molar-refractivity contribution is 7.95. The summed E-state index contributed by atoms with van der Waals surface area (Å²) in [6, 6.07) is 2.87. The van der Waals surface area contributed by atoms with E-state index in [0.717, 1.165) is 18.4 Å². The van der Waals surface area contributed by atoms with Gasteiger partial charge >= 0.3 is 5.51 Å². The Morgan fingerprint density at radius 1 is 1.04 bits per heavy atom. The molecule has 0 heterocycles. The normalized spacial score (nSPS) is 11.9. The number of methoxy groups -OCH3 is 2. The second-order valence-electron chi connectivity index (χ2n) is 5.99. The van der Waals surface area contributed by atoms with Crippen molar-refractivity contribution in [1.82, 2.24) is 0 Å². The Morgan fingerprint density at radius 3 is 2.08 bits per heavy atom. The SMILES string of the molecule is COc1cc(OSC(F)(F)F)cc(OC)c1C/C=C(\C)CCC=C(C)C. The fourth-order valence-corrected chi connectivity index (χ4v) is 2.56. The number of hydrogen-bond donors (Lipinski definition) is 0. The molecule has 1 rings (SSSR count). The average Bonchev–Trinajstić information content (AvgIpc) is 2.56. The standard InChI is InChI=1S/C19H25F3O3S/c1-13(2)7-6-8-14(3)9-10-16-17(23-4)11-15(12-18(16)24-5)25-26-19(20,21)22/h7,9,11-12H,6,8,10H2,1-5H3/b14-9+. The molecule has 0 aliphatic rings. The van der Waals surface area contributed by atoms with E-state index in [1.165, 1.54) is 37.5 Å². The molecule has 0 saturated heterocycles. The molecule has 1 aromatic carbocycles. The van der Waals surface area contributed by atoms with Gasteiger partial charge in [0.2, 0.25) is 0 Å². The van der Waals surface area contributed by atoms with Crippen molar-refractivity contribution in [3.8, 4) is 17.2 Å².